The highest BCUT2D eigenvalue weighted by Gasteiger charge is 2.11. The molecule has 1 aromatic carbocycles. The lowest BCUT2D eigenvalue weighted by molar-refractivity contribution is 0.545. The van der Waals surface area contributed by atoms with Crippen molar-refractivity contribution < 1.29 is 4.39 Å². The molecule has 0 saturated heterocycles. The number of hydrogen-bond acceptors (Lipinski definition) is 2. The van der Waals surface area contributed by atoms with E-state index in [2.05, 4.69) is 26.3 Å². The number of halogens is 2. The third-order valence-corrected chi connectivity index (χ3v) is 3.78. The molecule has 5 heteroatoms. The Morgan fingerprint density at radius 1 is 1.47 bits per heavy atom. The maximum absolute atomic E-state index is 13.2. The fourth-order valence-electron chi connectivity index (χ4n) is 2.12. The Bertz CT molecular complexity index is 553. The van der Waals surface area contributed by atoms with Gasteiger partial charge in [-0.25, -0.2) is 4.39 Å². The average Bonchev–Trinajstić information content (AvgIpc) is 2.80. The van der Waals surface area contributed by atoms with Gasteiger partial charge in [0.15, 0.2) is 0 Å². The van der Waals surface area contributed by atoms with Crippen LogP contribution in [0.2, 0.25) is 0 Å². The fraction of sp³-hybridized carbons (Fsp3) is 0.357. The summed E-state index contributed by atoms with van der Waals surface area (Å²) < 4.78 is 15.6. The summed E-state index contributed by atoms with van der Waals surface area (Å²) in [7, 11) is 3.83. The van der Waals surface area contributed by atoms with E-state index in [0.29, 0.717) is 4.47 Å². The van der Waals surface area contributed by atoms with Crippen molar-refractivity contribution in [2.45, 2.75) is 18.9 Å². The monoisotopic (exact) mass is 325 g/mol. The van der Waals surface area contributed by atoms with Gasteiger partial charge in [-0.3, -0.25) is 4.68 Å². The molecule has 2 rings (SSSR count). The molecular formula is C14H17BrFN3. The van der Waals surface area contributed by atoms with Crippen molar-refractivity contribution in [1.29, 1.82) is 0 Å². The van der Waals surface area contributed by atoms with Crippen LogP contribution in [0, 0.1) is 5.82 Å². The van der Waals surface area contributed by atoms with Crippen LogP contribution >= 0.6 is 15.9 Å². The van der Waals surface area contributed by atoms with E-state index in [4.69, 9.17) is 0 Å². The van der Waals surface area contributed by atoms with Gasteiger partial charge in [-0.2, -0.15) is 5.10 Å². The number of aromatic nitrogens is 2. The minimum absolute atomic E-state index is 0.206. The Morgan fingerprint density at radius 3 is 2.84 bits per heavy atom. The predicted molar refractivity (Wildman–Crippen MR) is 77.4 cm³/mol. The van der Waals surface area contributed by atoms with Crippen molar-refractivity contribution in [3.8, 4) is 0 Å². The Labute approximate surface area is 121 Å². The zero-order valence-electron chi connectivity index (χ0n) is 11.0. The smallest absolute Gasteiger partial charge is 0.137 e. The first-order valence-corrected chi connectivity index (χ1v) is 6.99. The van der Waals surface area contributed by atoms with Crippen molar-refractivity contribution in [2.75, 3.05) is 7.05 Å². The summed E-state index contributed by atoms with van der Waals surface area (Å²) >= 11 is 3.23. The lowest BCUT2D eigenvalue weighted by atomic mass is 10.0. The molecule has 1 N–H and O–H groups in total. The molecular weight excluding hydrogens is 309 g/mol. The highest BCUT2D eigenvalue weighted by molar-refractivity contribution is 9.10. The summed E-state index contributed by atoms with van der Waals surface area (Å²) in [6, 6.07) is 5.36. The van der Waals surface area contributed by atoms with Crippen LogP contribution in [0.15, 0.2) is 35.1 Å². The molecule has 3 nitrogen and oxygen atoms in total. The molecule has 0 aliphatic carbocycles. The molecule has 0 radical (unpaired) electrons. The van der Waals surface area contributed by atoms with Crippen LogP contribution in [0.5, 0.6) is 0 Å². The van der Waals surface area contributed by atoms with E-state index in [-0.39, 0.29) is 11.9 Å². The van der Waals surface area contributed by atoms with Gasteiger partial charge in [-0.15, -0.1) is 0 Å². The number of hydrogen-bond donors (Lipinski definition) is 1. The van der Waals surface area contributed by atoms with E-state index in [1.807, 2.05) is 38.6 Å². The molecule has 1 atom stereocenters. The third-order valence-electron chi connectivity index (χ3n) is 3.17. The van der Waals surface area contributed by atoms with E-state index < -0.39 is 0 Å². The largest absolute Gasteiger partial charge is 0.313 e. The molecule has 102 valence electrons. The van der Waals surface area contributed by atoms with Gasteiger partial charge in [-0.05, 0) is 59.1 Å². The van der Waals surface area contributed by atoms with Gasteiger partial charge in [0.1, 0.15) is 5.82 Å². The lowest BCUT2D eigenvalue weighted by Gasteiger charge is -2.16. The van der Waals surface area contributed by atoms with Gasteiger partial charge >= 0.3 is 0 Å². The molecule has 19 heavy (non-hydrogen) atoms. The highest BCUT2D eigenvalue weighted by atomic mass is 79.9. The average molecular weight is 326 g/mol. The first-order chi connectivity index (χ1) is 9.10. The van der Waals surface area contributed by atoms with Crippen LogP contribution in [0.25, 0.3) is 0 Å². The summed E-state index contributed by atoms with van der Waals surface area (Å²) in [6.45, 7) is 0. The van der Waals surface area contributed by atoms with Crippen molar-refractivity contribution in [3.63, 3.8) is 0 Å². The summed E-state index contributed by atoms with van der Waals surface area (Å²) in [5.74, 6) is -0.231. The summed E-state index contributed by atoms with van der Waals surface area (Å²) in [4.78, 5) is 0. The second-order valence-corrected chi connectivity index (χ2v) is 5.43. The van der Waals surface area contributed by atoms with E-state index >= 15 is 0 Å². The Balaban J connectivity index is 2.05. The lowest BCUT2D eigenvalue weighted by Crippen LogP contribution is -2.17. The van der Waals surface area contributed by atoms with Crippen molar-refractivity contribution in [3.05, 3.63) is 52.0 Å². The van der Waals surface area contributed by atoms with Crippen molar-refractivity contribution in [1.82, 2.24) is 15.1 Å². The zero-order valence-corrected chi connectivity index (χ0v) is 12.6. The Kier molecular flexibility index (Phi) is 4.71. The van der Waals surface area contributed by atoms with Gasteiger partial charge in [0.05, 0.1) is 10.7 Å². The van der Waals surface area contributed by atoms with Crippen LogP contribution in [-0.4, -0.2) is 16.8 Å². The number of aryl methyl sites for hydroxylation is 2. The molecule has 0 aliphatic heterocycles. The first kappa shape index (κ1) is 14.2. The van der Waals surface area contributed by atoms with Gasteiger partial charge in [0, 0.05) is 19.3 Å². The summed E-state index contributed by atoms with van der Waals surface area (Å²) in [5.41, 5.74) is 2.29. The van der Waals surface area contributed by atoms with E-state index in [1.165, 1.54) is 11.6 Å². The highest BCUT2D eigenvalue weighted by Crippen LogP contribution is 2.24. The molecule has 1 heterocycles. The minimum atomic E-state index is -0.231. The van der Waals surface area contributed by atoms with Gasteiger partial charge in [0.25, 0.3) is 0 Å². The predicted octanol–water partition coefficient (Wildman–Crippen LogP) is 3.22. The molecule has 0 fully saturated rings. The second-order valence-electron chi connectivity index (χ2n) is 4.58. The molecule has 2 aromatic rings. The van der Waals surface area contributed by atoms with E-state index in [9.17, 15) is 4.39 Å². The molecule has 0 spiro atoms. The molecule has 0 saturated carbocycles. The summed E-state index contributed by atoms with van der Waals surface area (Å²) in [6.07, 6.45) is 5.79. The second kappa shape index (κ2) is 6.30. The van der Waals surface area contributed by atoms with Crippen molar-refractivity contribution >= 4 is 15.9 Å². The topological polar surface area (TPSA) is 29.9 Å². The number of rotatable bonds is 5. The Hall–Kier alpha value is -1.20. The van der Waals surface area contributed by atoms with Crippen LogP contribution < -0.4 is 5.32 Å². The van der Waals surface area contributed by atoms with Gasteiger partial charge < -0.3 is 5.32 Å². The molecule has 1 unspecified atom stereocenters. The molecule has 1 aromatic heterocycles. The number of nitrogens with zero attached hydrogens (tertiary/aromatic N) is 2. The molecule has 0 amide bonds. The minimum Gasteiger partial charge on any atom is -0.313 e. The first-order valence-electron chi connectivity index (χ1n) is 6.20. The molecule has 0 bridgehead atoms. The SMILES string of the molecule is CNC(CCc1cnn(C)c1)c1ccc(F)c(Br)c1. The van der Waals surface area contributed by atoms with Crippen LogP contribution in [-0.2, 0) is 13.5 Å². The quantitative estimate of drug-likeness (QED) is 0.914. The third kappa shape index (κ3) is 3.64. The standard InChI is InChI=1S/C14H17BrFN3/c1-17-14(6-3-10-8-18-19(2)9-10)11-4-5-13(16)12(15)7-11/h4-5,7-9,14,17H,3,6H2,1-2H3. The normalized spacial score (nSPS) is 12.6. The number of nitrogens with one attached hydrogen (secondary N) is 1. The van der Waals surface area contributed by atoms with Crippen LogP contribution in [0.4, 0.5) is 4.39 Å². The Morgan fingerprint density at radius 2 is 2.26 bits per heavy atom. The van der Waals surface area contributed by atoms with Gasteiger partial charge in [-0.1, -0.05) is 6.07 Å². The fourth-order valence-corrected chi connectivity index (χ4v) is 2.52. The van der Waals surface area contributed by atoms with Gasteiger partial charge in [0.2, 0.25) is 0 Å². The zero-order chi connectivity index (χ0) is 13.8. The maximum atomic E-state index is 13.2. The van der Waals surface area contributed by atoms with Crippen molar-refractivity contribution in [2.24, 2.45) is 7.05 Å². The number of benzene rings is 1. The maximum Gasteiger partial charge on any atom is 0.137 e. The van der Waals surface area contributed by atoms with E-state index in [0.717, 1.165) is 18.4 Å². The summed E-state index contributed by atoms with van der Waals surface area (Å²) in [5, 5.41) is 7.43. The van der Waals surface area contributed by atoms with E-state index in [1.54, 1.807) is 4.68 Å². The molecule has 0 aliphatic rings. The van der Waals surface area contributed by atoms with Crippen LogP contribution in [0.1, 0.15) is 23.6 Å². The van der Waals surface area contributed by atoms with Crippen LogP contribution in [0.3, 0.4) is 0 Å².